The quantitative estimate of drug-likeness (QED) is 0.584. The summed E-state index contributed by atoms with van der Waals surface area (Å²) in [5.41, 5.74) is 0.291. The van der Waals surface area contributed by atoms with Gasteiger partial charge in [-0.3, -0.25) is 4.79 Å². The number of rotatable bonds is 4. The molecule has 21 heavy (non-hydrogen) atoms. The molecule has 7 nitrogen and oxygen atoms in total. The first-order chi connectivity index (χ1) is 9.93. The molecule has 2 aromatic rings. The average Bonchev–Trinajstić information content (AvgIpc) is 2.85. The van der Waals surface area contributed by atoms with Crippen LogP contribution in [0.15, 0.2) is 21.3 Å². The molecule has 0 aliphatic rings. The van der Waals surface area contributed by atoms with Crippen molar-refractivity contribution in [2.24, 2.45) is 0 Å². The highest BCUT2D eigenvalue weighted by Gasteiger charge is 2.20. The molecule has 0 radical (unpaired) electrons. The summed E-state index contributed by atoms with van der Waals surface area (Å²) in [5.74, 6) is -1.62. The second kappa shape index (κ2) is 6.10. The van der Waals surface area contributed by atoms with E-state index in [-0.39, 0.29) is 16.1 Å². The van der Waals surface area contributed by atoms with Crippen LogP contribution in [-0.2, 0) is 0 Å². The van der Waals surface area contributed by atoms with E-state index in [0.717, 1.165) is 11.3 Å². The summed E-state index contributed by atoms with van der Waals surface area (Å²) in [6, 6.07) is 1.51. The second-order valence-corrected chi connectivity index (χ2v) is 5.68. The van der Waals surface area contributed by atoms with Crippen LogP contribution in [0.25, 0.3) is 0 Å². The van der Waals surface area contributed by atoms with Crippen molar-refractivity contribution in [3.8, 4) is 0 Å². The van der Waals surface area contributed by atoms with Crippen LogP contribution in [0, 0.1) is 6.92 Å². The van der Waals surface area contributed by atoms with Gasteiger partial charge in [-0.25, -0.2) is 9.59 Å². The molecule has 9 heteroatoms. The van der Waals surface area contributed by atoms with Crippen molar-refractivity contribution in [3.63, 3.8) is 0 Å². The van der Waals surface area contributed by atoms with E-state index in [1.165, 1.54) is 17.8 Å². The number of carbonyl (C=O) groups excluding carboxylic acids is 1. The van der Waals surface area contributed by atoms with Gasteiger partial charge in [-0.1, -0.05) is 0 Å². The Morgan fingerprint density at radius 2 is 2.19 bits per heavy atom. The molecule has 3 N–H and O–H groups in total. The molecule has 0 saturated heterocycles. The van der Waals surface area contributed by atoms with Gasteiger partial charge in [0.25, 0.3) is 5.91 Å². The minimum Gasteiger partial charge on any atom is -0.477 e. The van der Waals surface area contributed by atoms with Gasteiger partial charge in [0.2, 0.25) is 0 Å². The molecule has 0 spiro atoms. The SMILES string of the molecule is CSc1nc(=O)[nH]c(C)c1C(=O)Nc1ccsc1C(=O)O. The van der Waals surface area contributed by atoms with E-state index in [1.807, 2.05) is 0 Å². The summed E-state index contributed by atoms with van der Waals surface area (Å²) in [4.78, 5) is 40.9. The minimum atomic E-state index is -1.11. The third kappa shape index (κ3) is 3.14. The Kier molecular flexibility index (Phi) is 4.43. The van der Waals surface area contributed by atoms with Gasteiger partial charge in [-0.15, -0.1) is 23.1 Å². The Bertz CT molecular complexity index is 766. The Labute approximate surface area is 127 Å². The lowest BCUT2D eigenvalue weighted by Crippen LogP contribution is -2.22. The van der Waals surface area contributed by atoms with Gasteiger partial charge in [0, 0.05) is 5.69 Å². The average molecular weight is 325 g/mol. The van der Waals surface area contributed by atoms with Gasteiger partial charge in [-0.05, 0) is 24.6 Å². The van der Waals surface area contributed by atoms with Gasteiger partial charge >= 0.3 is 11.7 Å². The molecule has 0 unspecified atom stereocenters. The highest BCUT2D eigenvalue weighted by Crippen LogP contribution is 2.24. The number of aryl methyl sites for hydroxylation is 1. The number of aromatic amines is 1. The summed E-state index contributed by atoms with van der Waals surface area (Å²) >= 11 is 2.19. The predicted octanol–water partition coefficient (Wildman–Crippen LogP) is 1.81. The van der Waals surface area contributed by atoms with Crippen LogP contribution in [0.5, 0.6) is 0 Å². The van der Waals surface area contributed by atoms with Crippen molar-refractivity contribution in [2.45, 2.75) is 11.9 Å². The second-order valence-electron chi connectivity index (χ2n) is 3.97. The van der Waals surface area contributed by atoms with Gasteiger partial charge in [0.1, 0.15) is 9.90 Å². The van der Waals surface area contributed by atoms with Crippen molar-refractivity contribution in [1.29, 1.82) is 0 Å². The van der Waals surface area contributed by atoms with E-state index in [4.69, 9.17) is 5.11 Å². The predicted molar refractivity (Wildman–Crippen MR) is 80.6 cm³/mol. The smallest absolute Gasteiger partial charge is 0.348 e. The molecule has 0 aliphatic carbocycles. The summed E-state index contributed by atoms with van der Waals surface area (Å²) in [7, 11) is 0. The molecule has 0 bridgehead atoms. The van der Waals surface area contributed by atoms with Gasteiger partial charge < -0.3 is 15.4 Å². The number of thiophene rings is 1. The standard InChI is InChI=1S/C12H11N3O4S2/c1-5-7(10(20-2)15-12(19)13-5)9(16)14-6-3-4-21-8(6)11(17)18/h3-4H,1-2H3,(H,14,16)(H,17,18)(H,13,15,19). The highest BCUT2D eigenvalue weighted by atomic mass is 32.2. The normalized spacial score (nSPS) is 10.4. The number of anilines is 1. The topological polar surface area (TPSA) is 112 Å². The van der Waals surface area contributed by atoms with Crippen LogP contribution in [0.2, 0.25) is 0 Å². The molecule has 0 aromatic carbocycles. The maximum atomic E-state index is 12.3. The zero-order chi connectivity index (χ0) is 15.6. The van der Waals surface area contributed by atoms with E-state index in [0.29, 0.717) is 10.7 Å². The highest BCUT2D eigenvalue weighted by molar-refractivity contribution is 7.98. The number of nitrogens with zero attached hydrogens (tertiary/aromatic N) is 1. The number of hydrogen-bond donors (Lipinski definition) is 3. The van der Waals surface area contributed by atoms with Crippen LogP contribution in [0.3, 0.4) is 0 Å². The van der Waals surface area contributed by atoms with Gasteiger partial charge in [-0.2, -0.15) is 4.98 Å². The molecular weight excluding hydrogens is 314 g/mol. The van der Waals surface area contributed by atoms with Gasteiger partial charge in [0.15, 0.2) is 0 Å². The molecule has 0 aliphatic heterocycles. The lowest BCUT2D eigenvalue weighted by molar-refractivity contribution is 0.0703. The molecule has 2 heterocycles. The number of aromatic carboxylic acids is 1. The van der Waals surface area contributed by atoms with Crippen LogP contribution in [0.4, 0.5) is 5.69 Å². The van der Waals surface area contributed by atoms with Crippen molar-refractivity contribution in [2.75, 3.05) is 11.6 Å². The lowest BCUT2D eigenvalue weighted by Gasteiger charge is -2.09. The number of nitrogens with one attached hydrogen (secondary N) is 2. The molecule has 0 atom stereocenters. The zero-order valence-electron chi connectivity index (χ0n) is 11.1. The van der Waals surface area contributed by atoms with E-state index < -0.39 is 17.6 Å². The molecule has 110 valence electrons. The molecule has 1 amide bonds. The maximum Gasteiger partial charge on any atom is 0.348 e. The van der Waals surface area contributed by atoms with Crippen LogP contribution in [0.1, 0.15) is 25.7 Å². The molecule has 2 rings (SSSR count). The van der Waals surface area contributed by atoms with Crippen molar-refractivity contribution < 1.29 is 14.7 Å². The number of aromatic nitrogens is 2. The number of amides is 1. The summed E-state index contributed by atoms with van der Waals surface area (Å²) in [6.45, 7) is 1.59. The fourth-order valence-electron chi connectivity index (χ4n) is 1.73. The number of thioether (sulfide) groups is 1. The Hall–Kier alpha value is -2.13. The molecule has 0 fully saturated rings. The number of hydrogen-bond acceptors (Lipinski definition) is 6. The van der Waals surface area contributed by atoms with Crippen molar-refractivity contribution in [1.82, 2.24) is 9.97 Å². The maximum absolute atomic E-state index is 12.3. The van der Waals surface area contributed by atoms with E-state index >= 15 is 0 Å². The molecule has 0 saturated carbocycles. The number of carboxylic acids is 1. The lowest BCUT2D eigenvalue weighted by atomic mass is 10.2. The van der Waals surface area contributed by atoms with Crippen LogP contribution >= 0.6 is 23.1 Å². The van der Waals surface area contributed by atoms with E-state index in [1.54, 1.807) is 18.6 Å². The first-order valence-corrected chi connectivity index (χ1v) is 7.81. The summed E-state index contributed by atoms with van der Waals surface area (Å²) < 4.78 is 0. The third-order valence-corrected chi connectivity index (χ3v) is 4.20. The Morgan fingerprint density at radius 3 is 2.81 bits per heavy atom. The fourth-order valence-corrected chi connectivity index (χ4v) is 3.04. The first-order valence-electron chi connectivity index (χ1n) is 5.71. The Morgan fingerprint density at radius 1 is 1.48 bits per heavy atom. The van der Waals surface area contributed by atoms with E-state index in [9.17, 15) is 14.4 Å². The van der Waals surface area contributed by atoms with Crippen molar-refractivity contribution in [3.05, 3.63) is 38.1 Å². The molecule has 2 aromatic heterocycles. The van der Waals surface area contributed by atoms with Gasteiger partial charge in [0.05, 0.1) is 11.3 Å². The first kappa shape index (κ1) is 15.3. The van der Waals surface area contributed by atoms with E-state index in [2.05, 4.69) is 15.3 Å². The fraction of sp³-hybridized carbons (Fsp3) is 0.167. The largest absolute Gasteiger partial charge is 0.477 e. The minimum absolute atomic E-state index is 0.0455. The number of carboxylic acid groups (broad SMARTS) is 1. The zero-order valence-corrected chi connectivity index (χ0v) is 12.7. The van der Waals surface area contributed by atoms with Crippen LogP contribution < -0.4 is 11.0 Å². The summed E-state index contributed by atoms with van der Waals surface area (Å²) in [5, 5.41) is 13.4. The third-order valence-electron chi connectivity index (χ3n) is 2.61. The number of carbonyl (C=O) groups is 2. The molecular formula is C12H11N3O4S2. The monoisotopic (exact) mass is 325 g/mol. The Balaban J connectivity index is 2.39. The number of H-pyrrole nitrogens is 1. The van der Waals surface area contributed by atoms with Crippen LogP contribution in [-0.4, -0.2) is 33.2 Å². The summed E-state index contributed by atoms with van der Waals surface area (Å²) in [6.07, 6.45) is 1.70. The van der Waals surface area contributed by atoms with Crippen molar-refractivity contribution >= 4 is 40.7 Å².